The Morgan fingerprint density at radius 3 is 2.58 bits per heavy atom. The van der Waals surface area contributed by atoms with Crippen LogP contribution >= 0.6 is 0 Å². The summed E-state index contributed by atoms with van der Waals surface area (Å²) in [6.45, 7) is 0.300. The van der Waals surface area contributed by atoms with Crippen molar-refractivity contribution in [1.29, 1.82) is 0 Å². The van der Waals surface area contributed by atoms with Gasteiger partial charge in [0.25, 0.3) is 5.91 Å². The van der Waals surface area contributed by atoms with Crippen molar-refractivity contribution in [1.82, 2.24) is 4.72 Å². The summed E-state index contributed by atoms with van der Waals surface area (Å²) in [5, 5.41) is 0. The van der Waals surface area contributed by atoms with Gasteiger partial charge in [-0.15, -0.1) is 0 Å². The summed E-state index contributed by atoms with van der Waals surface area (Å²) >= 11 is 0. The van der Waals surface area contributed by atoms with Crippen LogP contribution in [0.15, 0.2) is 41.3 Å². The van der Waals surface area contributed by atoms with E-state index in [-0.39, 0.29) is 10.5 Å². The van der Waals surface area contributed by atoms with Gasteiger partial charge in [-0.1, -0.05) is 0 Å². The molecule has 0 bridgehead atoms. The van der Waals surface area contributed by atoms with Gasteiger partial charge in [-0.3, -0.25) is 4.79 Å². The molecule has 1 aliphatic heterocycles. The smallest absolute Gasteiger partial charge is 0.261 e. The molecule has 0 radical (unpaired) electrons. The van der Waals surface area contributed by atoms with Gasteiger partial charge in [0, 0.05) is 18.3 Å². The molecule has 1 amide bonds. The van der Waals surface area contributed by atoms with Crippen LogP contribution in [0, 0.1) is 11.6 Å². The minimum absolute atomic E-state index is 0.103. The predicted molar refractivity (Wildman–Crippen MR) is 84.4 cm³/mol. The van der Waals surface area contributed by atoms with Crippen molar-refractivity contribution in [2.45, 2.75) is 11.3 Å². The minimum Gasteiger partial charge on any atom is -0.308 e. The Kier molecular flexibility index (Phi) is 4.10. The van der Waals surface area contributed by atoms with E-state index in [1.807, 2.05) is 0 Å². The lowest BCUT2D eigenvalue weighted by Gasteiger charge is -2.18. The molecule has 0 fully saturated rings. The highest BCUT2D eigenvalue weighted by molar-refractivity contribution is 7.89. The van der Waals surface area contributed by atoms with E-state index in [0.717, 1.165) is 12.1 Å². The van der Waals surface area contributed by atoms with Crippen LogP contribution in [-0.2, 0) is 16.4 Å². The van der Waals surface area contributed by atoms with E-state index >= 15 is 0 Å². The number of hydrogen-bond acceptors (Lipinski definition) is 3. The number of sulfonamides is 1. The molecule has 2 aromatic carbocycles. The van der Waals surface area contributed by atoms with Gasteiger partial charge in [0.1, 0.15) is 11.6 Å². The van der Waals surface area contributed by atoms with E-state index in [1.54, 1.807) is 0 Å². The maximum atomic E-state index is 13.8. The maximum absolute atomic E-state index is 13.8. The average Bonchev–Trinajstić information content (AvgIpc) is 2.97. The number of carbonyl (C=O) groups excluding carboxylic acids is 1. The SMILES string of the molecule is CNS(=O)(=O)c1ccc2c(c1)CCN2C(=O)c1ccc(F)cc1F. The van der Waals surface area contributed by atoms with Crippen LogP contribution in [0.5, 0.6) is 0 Å². The number of anilines is 1. The number of halogens is 2. The molecule has 0 aliphatic carbocycles. The van der Waals surface area contributed by atoms with Crippen molar-refractivity contribution in [2.75, 3.05) is 18.5 Å². The Hall–Kier alpha value is -2.32. The number of nitrogens with one attached hydrogen (secondary N) is 1. The highest BCUT2D eigenvalue weighted by atomic mass is 32.2. The van der Waals surface area contributed by atoms with E-state index in [9.17, 15) is 22.0 Å². The molecule has 0 saturated carbocycles. The third-order valence-electron chi connectivity index (χ3n) is 3.93. The van der Waals surface area contributed by atoms with Gasteiger partial charge in [-0.05, 0) is 49.4 Å². The van der Waals surface area contributed by atoms with Crippen LogP contribution in [0.3, 0.4) is 0 Å². The third-order valence-corrected chi connectivity index (χ3v) is 5.34. The summed E-state index contributed by atoms with van der Waals surface area (Å²) in [5.74, 6) is -2.27. The van der Waals surface area contributed by atoms with Gasteiger partial charge >= 0.3 is 0 Å². The van der Waals surface area contributed by atoms with Crippen LogP contribution in [-0.4, -0.2) is 27.9 Å². The largest absolute Gasteiger partial charge is 0.308 e. The number of nitrogens with zero attached hydrogens (tertiary/aromatic N) is 1. The molecule has 1 aliphatic rings. The molecule has 5 nitrogen and oxygen atoms in total. The lowest BCUT2D eigenvalue weighted by atomic mass is 10.1. The molecule has 0 aromatic heterocycles. The van der Waals surface area contributed by atoms with E-state index in [1.165, 1.54) is 30.1 Å². The van der Waals surface area contributed by atoms with Crippen molar-refractivity contribution in [3.8, 4) is 0 Å². The summed E-state index contributed by atoms with van der Waals surface area (Å²) in [6.07, 6.45) is 0.455. The molecule has 1 heterocycles. The lowest BCUT2D eigenvalue weighted by Crippen LogP contribution is -2.29. The van der Waals surface area contributed by atoms with Gasteiger partial charge in [-0.25, -0.2) is 21.9 Å². The number of rotatable bonds is 3. The molecule has 8 heteroatoms. The van der Waals surface area contributed by atoms with E-state index < -0.39 is 27.6 Å². The summed E-state index contributed by atoms with van der Waals surface area (Å²) in [4.78, 5) is 14.0. The van der Waals surface area contributed by atoms with Crippen molar-refractivity contribution >= 4 is 21.6 Å². The predicted octanol–water partition coefficient (Wildman–Crippen LogP) is 2.08. The Morgan fingerprint density at radius 1 is 1.17 bits per heavy atom. The van der Waals surface area contributed by atoms with Crippen molar-refractivity contribution in [3.05, 3.63) is 59.2 Å². The Balaban J connectivity index is 1.96. The molecule has 0 atom stereocenters. The topological polar surface area (TPSA) is 66.5 Å². The van der Waals surface area contributed by atoms with Crippen LogP contribution in [0.2, 0.25) is 0 Å². The zero-order valence-corrected chi connectivity index (χ0v) is 13.5. The molecule has 0 spiro atoms. The number of benzene rings is 2. The van der Waals surface area contributed by atoms with Crippen molar-refractivity contribution in [2.24, 2.45) is 0 Å². The normalized spacial score (nSPS) is 13.9. The molecule has 126 valence electrons. The van der Waals surface area contributed by atoms with Crippen LogP contribution in [0.4, 0.5) is 14.5 Å². The molecule has 3 rings (SSSR count). The first-order valence-corrected chi connectivity index (χ1v) is 8.65. The highest BCUT2D eigenvalue weighted by Crippen LogP contribution is 2.31. The van der Waals surface area contributed by atoms with Crippen molar-refractivity contribution < 1.29 is 22.0 Å². The zero-order chi connectivity index (χ0) is 17.5. The second kappa shape index (κ2) is 5.95. The quantitative estimate of drug-likeness (QED) is 0.920. The first-order valence-electron chi connectivity index (χ1n) is 7.17. The fourth-order valence-corrected chi connectivity index (χ4v) is 3.46. The Bertz CT molecular complexity index is 929. The second-order valence-corrected chi connectivity index (χ2v) is 7.22. The average molecular weight is 352 g/mol. The van der Waals surface area contributed by atoms with Crippen molar-refractivity contribution in [3.63, 3.8) is 0 Å². The van der Waals surface area contributed by atoms with Crippen LogP contribution < -0.4 is 9.62 Å². The molecular formula is C16H14F2N2O3S. The van der Waals surface area contributed by atoms with E-state index in [0.29, 0.717) is 30.3 Å². The van der Waals surface area contributed by atoms with Gasteiger partial charge in [0.2, 0.25) is 10.0 Å². The van der Waals surface area contributed by atoms with E-state index in [4.69, 9.17) is 0 Å². The first kappa shape index (κ1) is 16.5. The number of carbonyl (C=O) groups is 1. The fraction of sp³-hybridized carbons (Fsp3) is 0.188. The number of hydrogen-bond donors (Lipinski definition) is 1. The van der Waals surface area contributed by atoms with Crippen LogP contribution in [0.1, 0.15) is 15.9 Å². The molecule has 1 N–H and O–H groups in total. The van der Waals surface area contributed by atoms with Gasteiger partial charge in [0.05, 0.1) is 10.5 Å². The van der Waals surface area contributed by atoms with Gasteiger partial charge in [-0.2, -0.15) is 0 Å². The molecule has 24 heavy (non-hydrogen) atoms. The zero-order valence-electron chi connectivity index (χ0n) is 12.7. The van der Waals surface area contributed by atoms with Gasteiger partial charge in [0.15, 0.2) is 0 Å². The fourth-order valence-electron chi connectivity index (χ4n) is 2.68. The Labute approximate surface area is 138 Å². The summed E-state index contributed by atoms with van der Waals surface area (Å²) in [6, 6.07) is 7.19. The number of fused-ring (bicyclic) bond motifs is 1. The lowest BCUT2D eigenvalue weighted by molar-refractivity contribution is 0.0985. The van der Waals surface area contributed by atoms with Crippen LogP contribution in [0.25, 0.3) is 0 Å². The summed E-state index contributed by atoms with van der Waals surface area (Å²) in [7, 11) is -2.26. The molecular weight excluding hydrogens is 338 g/mol. The summed E-state index contributed by atoms with van der Waals surface area (Å²) < 4.78 is 52.7. The summed E-state index contributed by atoms with van der Waals surface area (Å²) in [5.41, 5.74) is 0.983. The second-order valence-electron chi connectivity index (χ2n) is 5.33. The maximum Gasteiger partial charge on any atom is 0.261 e. The van der Waals surface area contributed by atoms with E-state index in [2.05, 4.69) is 4.72 Å². The molecule has 0 unspecified atom stereocenters. The third kappa shape index (κ3) is 2.78. The standard InChI is InChI=1S/C16H14F2N2O3S/c1-19-24(22,23)12-3-5-15-10(8-12)6-7-20(15)16(21)13-4-2-11(17)9-14(13)18/h2-5,8-9,19H,6-7H2,1H3. The van der Waals surface area contributed by atoms with Gasteiger partial charge < -0.3 is 4.90 Å². The minimum atomic E-state index is -3.58. The highest BCUT2D eigenvalue weighted by Gasteiger charge is 2.28. The molecule has 2 aromatic rings. The monoisotopic (exact) mass is 352 g/mol. The number of amides is 1. The Morgan fingerprint density at radius 2 is 1.92 bits per heavy atom. The first-order chi connectivity index (χ1) is 11.3. The molecule has 0 saturated heterocycles.